The van der Waals surface area contributed by atoms with E-state index in [9.17, 15) is 0 Å². The third-order valence-electron chi connectivity index (χ3n) is 2.87. The molecule has 4 heteroatoms. The number of hydrogen-bond donors (Lipinski definition) is 1. The Morgan fingerprint density at radius 3 is 2.80 bits per heavy atom. The van der Waals surface area contributed by atoms with Crippen molar-refractivity contribution in [1.82, 2.24) is 10.3 Å². The van der Waals surface area contributed by atoms with Crippen molar-refractivity contribution in [2.75, 3.05) is 20.3 Å². The van der Waals surface area contributed by atoms with Crippen molar-refractivity contribution in [3.8, 4) is 0 Å². The van der Waals surface area contributed by atoms with Crippen molar-refractivity contribution in [1.29, 1.82) is 0 Å². The lowest BCUT2D eigenvalue weighted by atomic mass is 10.2. The smallest absolute Gasteiger partial charge is 0.101 e. The number of benzene rings is 1. The molecule has 1 aromatic carbocycles. The van der Waals surface area contributed by atoms with Gasteiger partial charge >= 0.3 is 0 Å². The maximum absolute atomic E-state index is 5.03. The molecule has 0 spiro atoms. The Morgan fingerprint density at radius 1 is 1.15 bits per heavy atom. The summed E-state index contributed by atoms with van der Waals surface area (Å²) in [7, 11) is 1.72. The van der Waals surface area contributed by atoms with Gasteiger partial charge < -0.3 is 10.1 Å². The Balaban J connectivity index is 1.90. The third-order valence-corrected chi connectivity index (χ3v) is 3.99. The van der Waals surface area contributed by atoms with Crippen molar-refractivity contribution in [2.45, 2.75) is 17.3 Å². The molecule has 106 valence electrons. The summed E-state index contributed by atoms with van der Waals surface area (Å²) in [6.45, 7) is 2.41. The average Bonchev–Trinajstić information content (AvgIpc) is 2.51. The lowest BCUT2D eigenvalue weighted by molar-refractivity contribution is 0.199. The first kappa shape index (κ1) is 15.0. The van der Waals surface area contributed by atoms with Gasteiger partial charge in [0.25, 0.3) is 0 Å². The fraction of sp³-hybridized carbons (Fsp3) is 0.312. The first-order chi connectivity index (χ1) is 9.90. The lowest BCUT2D eigenvalue weighted by Crippen LogP contribution is -2.19. The Morgan fingerprint density at radius 2 is 2.00 bits per heavy atom. The van der Waals surface area contributed by atoms with Gasteiger partial charge in [-0.2, -0.15) is 0 Å². The molecule has 2 aromatic rings. The van der Waals surface area contributed by atoms with Crippen LogP contribution in [0.3, 0.4) is 0 Å². The predicted octanol–water partition coefficient (Wildman–Crippen LogP) is 3.11. The van der Waals surface area contributed by atoms with Crippen molar-refractivity contribution in [3.05, 3.63) is 59.8 Å². The van der Waals surface area contributed by atoms with Crippen LogP contribution in [0.2, 0.25) is 0 Å². The summed E-state index contributed by atoms with van der Waals surface area (Å²) in [6.07, 6.45) is 1.85. The van der Waals surface area contributed by atoms with Gasteiger partial charge in [0.15, 0.2) is 0 Å². The van der Waals surface area contributed by atoms with Crippen molar-refractivity contribution < 1.29 is 4.74 Å². The first-order valence-electron chi connectivity index (χ1n) is 6.70. The van der Waals surface area contributed by atoms with Gasteiger partial charge in [-0.05, 0) is 17.2 Å². The second-order valence-electron chi connectivity index (χ2n) is 4.41. The summed E-state index contributed by atoms with van der Waals surface area (Å²) in [5.41, 5.74) is 2.56. The molecule has 0 fully saturated rings. The SMILES string of the molecule is COCCNCc1cccnc1SCc1ccccc1. The minimum atomic E-state index is 0.729. The molecule has 0 saturated heterocycles. The first-order valence-corrected chi connectivity index (χ1v) is 7.69. The van der Waals surface area contributed by atoms with Gasteiger partial charge in [-0.1, -0.05) is 36.4 Å². The average molecular weight is 288 g/mol. The van der Waals surface area contributed by atoms with Crippen molar-refractivity contribution in [3.63, 3.8) is 0 Å². The number of ether oxygens (including phenoxy) is 1. The Bertz CT molecular complexity index is 505. The van der Waals surface area contributed by atoms with Crippen LogP contribution in [0, 0.1) is 0 Å². The summed E-state index contributed by atoms with van der Waals surface area (Å²) in [5, 5.41) is 4.46. The van der Waals surface area contributed by atoms with Crippen LogP contribution in [0.25, 0.3) is 0 Å². The van der Waals surface area contributed by atoms with Gasteiger partial charge in [0, 0.05) is 32.1 Å². The van der Waals surface area contributed by atoms with Gasteiger partial charge in [0.1, 0.15) is 5.03 Å². The van der Waals surface area contributed by atoms with Crippen LogP contribution >= 0.6 is 11.8 Å². The number of thioether (sulfide) groups is 1. The van der Waals surface area contributed by atoms with Gasteiger partial charge in [-0.15, -0.1) is 11.8 Å². The summed E-state index contributed by atoms with van der Waals surface area (Å²) < 4.78 is 5.03. The summed E-state index contributed by atoms with van der Waals surface area (Å²) >= 11 is 1.78. The standard InChI is InChI=1S/C16H20N2OS/c1-19-11-10-17-12-15-8-5-9-18-16(15)20-13-14-6-3-2-4-7-14/h2-9,17H,10-13H2,1H3. The monoisotopic (exact) mass is 288 g/mol. The summed E-state index contributed by atoms with van der Waals surface area (Å²) in [5.74, 6) is 0.947. The molecule has 1 N–H and O–H groups in total. The predicted molar refractivity (Wildman–Crippen MR) is 83.8 cm³/mol. The van der Waals surface area contributed by atoms with E-state index in [1.54, 1.807) is 18.9 Å². The van der Waals surface area contributed by atoms with Gasteiger partial charge in [0.2, 0.25) is 0 Å². The molecule has 0 amide bonds. The maximum Gasteiger partial charge on any atom is 0.101 e. The largest absolute Gasteiger partial charge is 0.383 e. The van der Waals surface area contributed by atoms with E-state index in [1.165, 1.54) is 11.1 Å². The highest BCUT2D eigenvalue weighted by Crippen LogP contribution is 2.23. The zero-order valence-electron chi connectivity index (χ0n) is 11.7. The van der Waals surface area contributed by atoms with E-state index in [0.29, 0.717) is 0 Å². The van der Waals surface area contributed by atoms with E-state index in [4.69, 9.17) is 4.74 Å². The second kappa shape index (κ2) is 8.74. The van der Waals surface area contributed by atoms with Crippen LogP contribution in [0.15, 0.2) is 53.7 Å². The highest BCUT2D eigenvalue weighted by atomic mass is 32.2. The summed E-state index contributed by atoms with van der Waals surface area (Å²) in [6, 6.07) is 14.6. The lowest BCUT2D eigenvalue weighted by Gasteiger charge is -2.09. The molecule has 0 unspecified atom stereocenters. The molecular weight excluding hydrogens is 268 g/mol. The minimum Gasteiger partial charge on any atom is -0.383 e. The van der Waals surface area contributed by atoms with Crippen LogP contribution in [-0.4, -0.2) is 25.2 Å². The van der Waals surface area contributed by atoms with Crippen LogP contribution in [0.5, 0.6) is 0 Å². The van der Waals surface area contributed by atoms with Crippen molar-refractivity contribution in [2.24, 2.45) is 0 Å². The Hall–Kier alpha value is -1.36. The molecule has 0 aliphatic carbocycles. The van der Waals surface area contributed by atoms with Gasteiger partial charge in [0.05, 0.1) is 6.61 Å². The number of rotatable bonds is 8. The normalized spacial score (nSPS) is 10.7. The molecular formula is C16H20N2OS. The van der Waals surface area contributed by atoms with E-state index < -0.39 is 0 Å². The molecule has 0 atom stereocenters. The Kier molecular flexibility index (Phi) is 6.57. The van der Waals surface area contributed by atoms with E-state index >= 15 is 0 Å². The second-order valence-corrected chi connectivity index (χ2v) is 5.38. The zero-order chi connectivity index (χ0) is 14.0. The number of pyridine rings is 1. The Labute approximate surface area is 124 Å². The van der Waals surface area contributed by atoms with Gasteiger partial charge in [-0.3, -0.25) is 0 Å². The van der Waals surface area contributed by atoms with E-state index in [2.05, 4.69) is 40.6 Å². The zero-order valence-corrected chi connectivity index (χ0v) is 12.5. The molecule has 0 aliphatic rings. The highest BCUT2D eigenvalue weighted by Gasteiger charge is 2.04. The molecule has 3 nitrogen and oxygen atoms in total. The van der Waals surface area contributed by atoms with Crippen LogP contribution in [0.4, 0.5) is 0 Å². The summed E-state index contributed by atoms with van der Waals surface area (Å²) in [4.78, 5) is 4.48. The number of nitrogens with one attached hydrogen (secondary N) is 1. The fourth-order valence-electron chi connectivity index (χ4n) is 1.81. The molecule has 0 radical (unpaired) electrons. The molecule has 20 heavy (non-hydrogen) atoms. The van der Waals surface area contributed by atoms with Crippen molar-refractivity contribution >= 4 is 11.8 Å². The van der Waals surface area contributed by atoms with Crippen LogP contribution in [-0.2, 0) is 17.0 Å². The van der Waals surface area contributed by atoms with E-state index in [1.807, 2.05) is 18.3 Å². The number of methoxy groups -OCH3 is 1. The fourth-order valence-corrected chi connectivity index (χ4v) is 2.77. The maximum atomic E-state index is 5.03. The molecule has 0 aliphatic heterocycles. The van der Waals surface area contributed by atoms with Crippen LogP contribution in [0.1, 0.15) is 11.1 Å². The van der Waals surface area contributed by atoms with Crippen LogP contribution < -0.4 is 5.32 Å². The van der Waals surface area contributed by atoms with Gasteiger partial charge in [-0.25, -0.2) is 4.98 Å². The number of aromatic nitrogens is 1. The topological polar surface area (TPSA) is 34.1 Å². The molecule has 0 bridgehead atoms. The quantitative estimate of drug-likeness (QED) is 0.598. The highest BCUT2D eigenvalue weighted by molar-refractivity contribution is 7.98. The van der Waals surface area contributed by atoms with E-state index in [0.717, 1.165) is 30.5 Å². The molecule has 1 heterocycles. The minimum absolute atomic E-state index is 0.729. The molecule has 2 rings (SSSR count). The van der Waals surface area contributed by atoms with E-state index in [-0.39, 0.29) is 0 Å². The number of hydrogen-bond acceptors (Lipinski definition) is 4. The molecule has 1 aromatic heterocycles. The number of nitrogens with zero attached hydrogens (tertiary/aromatic N) is 1. The third kappa shape index (κ3) is 4.96. The molecule has 0 saturated carbocycles.